The zero-order valence-electron chi connectivity index (χ0n) is 14.4. The van der Waals surface area contributed by atoms with Gasteiger partial charge in [0.2, 0.25) is 0 Å². The molecule has 0 aliphatic heterocycles. The Morgan fingerprint density at radius 1 is 1.27 bits per heavy atom. The number of hydrogen-bond donors (Lipinski definition) is 2. The van der Waals surface area contributed by atoms with E-state index in [2.05, 4.69) is 21.7 Å². The number of benzene rings is 2. The minimum absolute atomic E-state index is 0.238. The van der Waals surface area contributed by atoms with E-state index in [-0.39, 0.29) is 17.3 Å². The Labute approximate surface area is 149 Å². The largest absolute Gasteiger partial charge is 0.437 e. The molecule has 1 unspecified atom stereocenters. The Kier molecular flexibility index (Phi) is 5.66. The second kappa shape index (κ2) is 7.73. The van der Waals surface area contributed by atoms with E-state index in [1.807, 2.05) is 6.92 Å². The van der Waals surface area contributed by atoms with Crippen molar-refractivity contribution in [2.75, 3.05) is 5.73 Å². The van der Waals surface area contributed by atoms with Crippen LogP contribution in [-0.4, -0.2) is 24.9 Å². The van der Waals surface area contributed by atoms with Crippen molar-refractivity contribution >= 4 is 30.3 Å². The Balaban J connectivity index is 2.13. The maximum atomic E-state index is 13.9. The number of halogens is 2. The van der Waals surface area contributed by atoms with Gasteiger partial charge in [-0.15, -0.1) is 0 Å². The number of nitrogen functional groups attached to an aromatic ring is 1. The van der Waals surface area contributed by atoms with Crippen LogP contribution < -0.4 is 16.2 Å². The van der Waals surface area contributed by atoms with Crippen LogP contribution in [0.4, 0.5) is 20.2 Å². The van der Waals surface area contributed by atoms with E-state index in [9.17, 15) is 8.78 Å². The van der Waals surface area contributed by atoms with Crippen molar-refractivity contribution < 1.29 is 13.5 Å². The smallest absolute Gasteiger partial charge is 0.345 e. The highest BCUT2D eigenvalue weighted by molar-refractivity contribution is 6.01. The van der Waals surface area contributed by atoms with Crippen LogP contribution in [0.3, 0.4) is 0 Å². The van der Waals surface area contributed by atoms with Gasteiger partial charge in [-0.3, -0.25) is 0 Å². The lowest BCUT2D eigenvalue weighted by atomic mass is 10.1. The first-order valence-electron chi connectivity index (χ1n) is 7.59. The summed E-state index contributed by atoms with van der Waals surface area (Å²) in [5.41, 5.74) is 14.1. The molecule has 0 radical (unpaired) electrons. The van der Waals surface area contributed by atoms with Gasteiger partial charge in [-0.05, 0) is 49.5 Å². The molecule has 2 aromatic rings. The zero-order chi connectivity index (χ0) is 19.3. The average Bonchev–Trinajstić information content (AvgIpc) is 2.59. The second-order valence-electron chi connectivity index (χ2n) is 5.57. The molecule has 0 saturated carbocycles. The molecule has 4 N–H and O–H groups in total. The summed E-state index contributed by atoms with van der Waals surface area (Å²) in [4.78, 5) is 11.1. The summed E-state index contributed by atoms with van der Waals surface area (Å²) in [6, 6.07) is 9.02. The molecule has 26 heavy (non-hydrogen) atoms. The van der Waals surface area contributed by atoms with Crippen molar-refractivity contribution in [3.63, 3.8) is 0 Å². The fraction of sp³-hybridized carbons (Fsp3) is 0.167. The van der Waals surface area contributed by atoms with E-state index in [0.29, 0.717) is 11.3 Å². The fourth-order valence-electron chi connectivity index (χ4n) is 1.95. The lowest BCUT2D eigenvalue weighted by molar-refractivity contribution is -0.0371. The fourth-order valence-corrected chi connectivity index (χ4v) is 1.95. The SMILES string of the molecule is C=NC(C)(F)Oc1ccc(N=CN=C(N)c2ccc(N)c(C)c2)cc1F. The number of alkyl halides is 1. The van der Waals surface area contributed by atoms with Gasteiger partial charge in [0.05, 0.1) is 5.69 Å². The number of amidine groups is 1. The average molecular weight is 359 g/mol. The van der Waals surface area contributed by atoms with Gasteiger partial charge in [-0.1, -0.05) is 0 Å². The van der Waals surface area contributed by atoms with Gasteiger partial charge in [0.25, 0.3) is 0 Å². The first kappa shape index (κ1) is 19.0. The lowest BCUT2D eigenvalue weighted by Gasteiger charge is -2.17. The zero-order valence-corrected chi connectivity index (χ0v) is 14.4. The van der Waals surface area contributed by atoms with Crippen LogP contribution in [0.1, 0.15) is 18.1 Å². The number of hydrogen-bond acceptors (Lipinski definition) is 4. The molecule has 0 aliphatic rings. The number of nitrogens with two attached hydrogens (primary N) is 2. The van der Waals surface area contributed by atoms with Gasteiger partial charge < -0.3 is 16.2 Å². The van der Waals surface area contributed by atoms with Gasteiger partial charge >= 0.3 is 5.98 Å². The number of rotatable bonds is 6. The van der Waals surface area contributed by atoms with Crippen LogP contribution in [0.15, 0.2) is 51.4 Å². The maximum absolute atomic E-state index is 13.9. The molecule has 136 valence electrons. The first-order chi connectivity index (χ1) is 12.2. The van der Waals surface area contributed by atoms with E-state index in [1.165, 1.54) is 18.5 Å². The first-order valence-corrected chi connectivity index (χ1v) is 7.59. The molecule has 2 aromatic carbocycles. The molecule has 0 saturated heterocycles. The third-order valence-corrected chi connectivity index (χ3v) is 3.46. The predicted octanol–water partition coefficient (Wildman–Crippen LogP) is 3.50. The normalized spacial score (nSPS) is 14.2. The predicted molar refractivity (Wildman–Crippen MR) is 101 cm³/mol. The summed E-state index contributed by atoms with van der Waals surface area (Å²) in [6.45, 7) is 5.91. The number of aliphatic imine (C=N–C) groups is 3. The van der Waals surface area contributed by atoms with Gasteiger partial charge in [0, 0.05) is 24.2 Å². The summed E-state index contributed by atoms with van der Waals surface area (Å²) in [5.74, 6) is -3.27. The topological polar surface area (TPSA) is 98.3 Å². The van der Waals surface area contributed by atoms with Crippen LogP contribution >= 0.6 is 0 Å². The molecule has 2 rings (SSSR count). The number of nitrogens with zero attached hydrogens (tertiary/aromatic N) is 3. The van der Waals surface area contributed by atoms with Crippen LogP contribution in [0, 0.1) is 12.7 Å². The van der Waals surface area contributed by atoms with E-state index >= 15 is 0 Å². The summed E-state index contributed by atoms with van der Waals surface area (Å²) >= 11 is 0. The molecule has 0 aliphatic carbocycles. The molecule has 8 heteroatoms. The second-order valence-corrected chi connectivity index (χ2v) is 5.57. The molecule has 1 atom stereocenters. The van der Waals surface area contributed by atoms with Gasteiger partial charge in [-0.2, -0.15) is 4.39 Å². The minimum atomic E-state index is -2.42. The van der Waals surface area contributed by atoms with Crippen LogP contribution in [0.2, 0.25) is 0 Å². The third-order valence-electron chi connectivity index (χ3n) is 3.46. The van der Waals surface area contributed by atoms with Crippen molar-refractivity contribution in [3.05, 3.63) is 53.3 Å². The highest BCUT2D eigenvalue weighted by atomic mass is 19.2. The molecule has 0 aromatic heterocycles. The van der Waals surface area contributed by atoms with Crippen molar-refractivity contribution in [2.24, 2.45) is 20.7 Å². The lowest BCUT2D eigenvalue weighted by Crippen LogP contribution is -2.23. The van der Waals surface area contributed by atoms with E-state index in [0.717, 1.165) is 18.6 Å². The van der Waals surface area contributed by atoms with Crippen molar-refractivity contribution in [3.8, 4) is 5.75 Å². The Hall–Kier alpha value is -3.29. The highest BCUT2D eigenvalue weighted by Gasteiger charge is 2.23. The van der Waals surface area contributed by atoms with Crippen LogP contribution in [-0.2, 0) is 0 Å². The standard InChI is InChI=1S/C18H19F2N5O/c1-11-8-12(4-6-15(11)21)17(22)25-10-24-13-5-7-16(14(19)9-13)26-18(2,20)23-3/h4-10H,3,21H2,1-2H3,(H2,22,24,25). The van der Waals surface area contributed by atoms with E-state index in [4.69, 9.17) is 16.2 Å². The minimum Gasteiger partial charge on any atom is -0.437 e. The van der Waals surface area contributed by atoms with Gasteiger partial charge in [-0.25, -0.2) is 19.4 Å². The molecule has 0 fully saturated rings. The Bertz CT molecular complexity index is 878. The summed E-state index contributed by atoms with van der Waals surface area (Å²) < 4.78 is 32.3. The molecule has 0 bridgehead atoms. The van der Waals surface area contributed by atoms with Crippen LogP contribution in [0.5, 0.6) is 5.75 Å². The van der Waals surface area contributed by atoms with Crippen molar-refractivity contribution in [1.82, 2.24) is 0 Å². The third kappa shape index (κ3) is 4.85. The van der Waals surface area contributed by atoms with Gasteiger partial charge in [0.1, 0.15) is 12.2 Å². The maximum Gasteiger partial charge on any atom is 0.345 e. The monoisotopic (exact) mass is 359 g/mol. The van der Waals surface area contributed by atoms with Crippen molar-refractivity contribution in [2.45, 2.75) is 19.8 Å². The number of anilines is 1. The Morgan fingerprint density at radius 2 is 2.00 bits per heavy atom. The highest BCUT2D eigenvalue weighted by Crippen LogP contribution is 2.27. The van der Waals surface area contributed by atoms with Gasteiger partial charge in [0.15, 0.2) is 11.6 Å². The number of aryl methyl sites for hydroxylation is 1. The van der Waals surface area contributed by atoms with E-state index < -0.39 is 11.8 Å². The number of ether oxygens (including phenoxy) is 1. The molecule has 0 spiro atoms. The molecule has 6 nitrogen and oxygen atoms in total. The summed E-state index contributed by atoms with van der Waals surface area (Å²) in [5, 5.41) is 0. The quantitative estimate of drug-likeness (QED) is 0.357. The summed E-state index contributed by atoms with van der Waals surface area (Å²) in [6.07, 6.45) is 1.20. The van der Waals surface area contributed by atoms with E-state index in [1.54, 1.807) is 18.2 Å². The molecular formula is C18H19F2N5O. The molecular weight excluding hydrogens is 340 g/mol. The van der Waals surface area contributed by atoms with Crippen LogP contribution in [0.25, 0.3) is 0 Å². The molecule has 0 amide bonds. The Morgan fingerprint density at radius 3 is 2.62 bits per heavy atom. The molecule has 0 heterocycles. The summed E-state index contributed by atoms with van der Waals surface area (Å²) in [7, 11) is 0. The van der Waals surface area contributed by atoms with Crippen molar-refractivity contribution in [1.29, 1.82) is 0 Å².